The van der Waals surface area contributed by atoms with Crippen molar-refractivity contribution in [2.24, 2.45) is 12.5 Å². The molecule has 0 amide bonds. The van der Waals surface area contributed by atoms with Crippen molar-refractivity contribution in [1.29, 1.82) is 0 Å². The number of nitrogens with one attached hydrogen (secondary N) is 1. The van der Waals surface area contributed by atoms with Crippen LogP contribution in [0.4, 0.5) is 0 Å². The number of piperidine rings is 1. The molecule has 17 heavy (non-hydrogen) atoms. The van der Waals surface area contributed by atoms with Crippen LogP contribution in [0.1, 0.15) is 36.7 Å². The number of carbonyl (C=O) groups is 1. The van der Waals surface area contributed by atoms with Crippen molar-refractivity contribution < 1.29 is 4.79 Å². The molecular formula is C11H17BrN4O. The van der Waals surface area contributed by atoms with Crippen LogP contribution in [0.3, 0.4) is 0 Å². The van der Waals surface area contributed by atoms with E-state index in [4.69, 9.17) is 0 Å². The molecule has 94 valence electrons. The average Bonchev–Trinajstić information content (AvgIpc) is 2.69. The average molecular weight is 301 g/mol. The Bertz CT molecular complexity index is 404. The number of ketones is 1. The van der Waals surface area contributed by atoms with Gasteiger partial charge >= 0.3 is 0 Å². The van der Waals surface area contributed by atoms with Gasteiger partial charge in [0.2, 0.25) is 0 Å². The van der Waals surface area contributed by atoms with E-state index in [9.17, 15) is 4.79 Å². The van der Waals surface area contributed by atoms with Crippen LogP contribution in [0, 0.1) is 5.41 Å². The van der Waals surface area contributed by atoms with Crippen LogP contribution >= 0.6 is 15.9 Å². The highest BCUT2D eigenvalue weighted by Gasteiger charge is 2.40. The van der Waals surface area contributed by atoms with Gasteiger partial charge in [0, 0.05) is 19.0 Å². The van der Waals surface area contributed by atoms with Gasteiger partial charge in [0.25, 0.3) is 0 Å². The molecule has 1 aliphatic rings. The second-order valence-corrected chi connectivity index (χ2v) is 5.35. The summed E-state index contributed by atoms with van der Waals surface area (Å²) in [6.45, 7) is 3.82. The maximum atomic E-state index is 12.7. The first-order valence-electron chi connectivity index (χ1n) is 5.91. The van der Waals surface area contributed by atoms with Crippen LogP contribution in [0.25, 0.3) is 0 Å². The Balaban J connectivity index is 2.35. The number of aromatic nitrogens is 3. The number of halogens is 1. The number of nitrogens with zero attached hydrogens (tertiary/aromatic N) is 3. The summed E-state index contributed by atoms with van der Waals surface area (Å²) < 4.78 is 2.10. The lowest BCUT2D eigenvalue weighted by atomic mass is 9.74. The third kappa shape index (κ3) is 2.15. The minimum absolute atomic E-state index is 0.145. The van der Waals surface area contributed by atoms with Gasteiger partial charge in [-0.25, -0.2) is 4.68 Å². The number of rotatable bonds is 3. The van der Waals surface area contributed by atoms with Crippen molar-refractivity contribution in [3.8, 4) is 0 Å². The van der Waals surface area contributed by atoms with Crippen LogP contribution in [0.15, 0.2) is 4.60 Å². The van der Waals surface area contributed by atoms with Crippen LogP contribution in [0.2, 0.25) is 0 Å². The maximum absolute atomic E-state index is 12.7. The molecule has 1 atom stereocenters. The minimum Gasteiger partial charge on any atom is -0.316 e. The van der Waals surface area contributed by atoms with Gasteiger partial charge in [0.05, 0.1) is 0 Å². The molecular weight excluding hydrogens is 284 g/mol. The standard InChI is InChI=1S/C11H17BrN4O/c1-3-11(5-4-6-13-7-11)9(17)8-10(12)14-15-16(8)2/h13H,3-7H2,1-2H3. The van der Waals surface area contributed by atoms with Gasteiger partial charge in [-0.15, -0.1) is 5.10 Å². The summed E-state index contributed by atoms with van der Waals surface area (Å²) in [4.78, 5) is 12.7. The smallest absolute Gasteiger partial charge is 0.191 e. The van der Waals surface area contributed by atoms with E-state index >= 15 is 0 Å². The molecule has 1 aromatic heterocycles. The lowest BCUT2D eigenvalue weighted by molar-refractivity contribution is 0.0719. The summed E-state index contributed by atoms with van der Waals surface area (Å²) in [6, 6.07) is 0. The van der Waals surface area contributed by atoms with Crippen molar-refractivity contribution in [1.82, 2.24) is 20.3 Å². The minimum atomic E-state index is -0.295. The van der Waals surface area contributed by atoms with Crippen LogP contribution in [-0.4, -0.2) is 33.9 Å². The highest BCUT2D eigenvalue weighted by atomic mass is 79.9. The summed E-state index contributed by atoms with van der Waals surface area (Å²) in [5.74, 6) is 0.145. The first-order valence-corrected chi connectivity index (χ1v) is 6.71. The largest absolute Gasteiger partial charge is 0.316 e. The maximum Gasteiger partial charge on any atom is 0.191 e. The van der Waals surface area contributed by atoms with Crippen LogP contribution < -0.4 is 5.32 Å². The highest BCUT2D eigenvalue weighted by Crippen LogP contribution is 2.35. The first kappa shape index (κ1) is 12.7. The van der Waals surface area contributed by atoms with Crippen molar-refractivity contribution in [3.63, 3.8) is 0 Å². The number of carbonyl (C=O) groups excluding carboxylic acids is 1. The SMILES string of the molecule is CCC1(C(=O)c2c(Br)nnn2C)CCCNC1. The predicted molar refractivity (Wildman–Crippen MR) is 67.9 cm³/mol. The third-order valence-electron chi connectivity index (χ3n) is 3.63. The molecule has 1 saturated heterocycles. The molecule has 0 aromatic carbocycles. The molecule has 0 spiro atoms. The summed E-state index contributed by atoms with van der Waals surface area (Å²) in [5.41, 5.74) is 0.284. The Hall–Kier alpha value is -0.750. The molecule has 1 aromatic rings. The Kier molecular flexibility index (Phi) is 3.63. The molecule has 1 N–H and O–H groups in total. The number of hydrogen-bond acceptors (Lipinski definition) is 4. The Labute approximate surface area is 109 Å². The van der Waals surface area contributed by atoms with E-state index in [1.165, 1.54) is 0 Å². The van der Waals surface area contributed by atoms with Crippen molar-refractivity contribution >= 4 is 21.7 Å². The second-order valence-electron chi connectivity index (χ2n) is 4.60. The normalized spacial score (nSPS) is 24.9. The fraction of sp³-hybridized carbons (Fsp3) is 0.727. The molecule has 6 heteroatoms. The van der Waals surface area contributed by atoms with Gasteiger partial charge in [-0.05, 0) is 41.7 Å². The Morgan fingerprint density at radius 1 is 1.65 bits per heavy atom. The van der Waals surface area contributed by atoms with E-state index in [1.54, 1.807) is 11.7 Å². The molecule has 0 radical (unpaired) electrons. The topological polar surface area (TPSA) is 59.8 Å². The molecule has 0 saturated carbocycles. The van der Waals surface area contributed by atoms with Crippen LogP contribution in [0.5, 0.6) is 0 Å². The lowest BCUT2D eigenvalue weighted by Gasteiger charge is -2.35. The fourth-order valence-electron chi connectivity index (χ4n) is 2.45. The molecule has 2 rings (SSSR count). The predicted octanol–water partition coefficient (Wildman–Crippen LogP) is 1.54. The summed E-state index contributed by atoms with van der Waals surface area (Å²) in [7, 11) is 1.75. The molecule has 1 fully saturated rings. The highest BCUT2D eigenvalue weighted by molar-refractivity contribution is 9.10. The van der Waals surface area contributed by atoms with E-state index in [0.29, 0.717) is 10.3 Å². The zero-order chi connectivity index (χ0) is 12.5. The Morgan fingerprint density at radius 3 is 2.88 bits per heavy atom. The molecule has 1 unspecified atom stereocenters. The van der Waals surface area contributed by atoms with E-state index < -0.39 is 0 Å². The van der Waals surface area contributed by atoms with E-state index in [1.807, 2.05) is 0 Å². The van der Waals surface area contributed by atoms with E-state index in [-0.39, 0.29) is 11.2 Å². The number of hydrogen-bond donors (Lipinski definition) is 1. The van der Waals surface area contributed by atoms with Crippen molar-refractivity contribution in [2.45, 2.75) is 26.2 Å². The number of Topliss-reactive ketones (excluding diaryl/α,β-unsaturated/α-hetero) is 1. The third-order valence-corrected chi connectivity index (χ3v) is 4.17. The second kappa shape index (κ2) is 4.86. The summed E-state index contributed by atoms with van der Waals surface area (Å²) >= 11 is 3.30. The van der Waals surface area contributed by atoms with Crippen LogP contribution in [-0.2, 0) is 7.05 Å². The Morgan fingerprint density at radius 2 is 2.41 bits per heavy atom. The van der Waals surface area contributed by atoms with Gasteiger partial charge in [-0.1, -0.05) is 12.1 Å². The molecule has 1 aliphatic heterocycles. The van der Waals surface area contributed by atoms with Gasteiger partial charge < -0.3 is 5.32 Å². The molecule has 0 aliphatic carbocycles. The molecule has 0 bridgehead atoms. The monoisotopic (exact) mass is 300 g/mol. The van der Waals surface area contributed by atoms with Crippen molar-refractivity contribution in [3.05, 3.63) is 10.3 Å². The van der Waals surface area contributed by atoms with Gasteiger partial charge in [-0.3, -0.25) is 4.79 Å². The molecule has 2 heterocycles. The molecule has 5 nitrogen and oxygen atoms in total. The van der Waals surface area contributed by atoms with E-state index in [2.05, 4.69) is 38.5 Å². The number of aryl methyl sites for hydroxylation is 1. The summed E-state index contributed by atoms with van der Waals surface area (Å²) in [6.07, 6.45) is 2.83. The zero-order valence-electron chi connectivity index (χ0n) is 10.2. The van der Waals surface area contributed by atoms with Gasteiger partial charge in [0.1, 0.15) is 5.69 Å². The lowest BCUT2D eigenvalue weighted by Crippen LogP contribution is -2.45. The van der Waals surface area contributed by atoms with Gasteiger partial charge in [-0.2, -0.15) is 0 Å². The first-order chi connectivity index (χ1) is 8.10. The summed E-state index contributed by atoms with van der Waals surface area (Å²) in [5, 5.41) is 11.1. The fourth-order valence-corrected chi connectivity index (χ4v) is 2.96. The quantitative estimate of drug-likeness (QED) is 0.860. The van der Waals surface area contributed by atoms with Gasteiger partial charge in [0.15, 0.2) is 10.4 Å². The zero-order valence-corrected chi connectivity index (χ0v) is 11.7. The van der Waals surface area contributed by atoms with E-state index in [0.717, 1.165) is 32.4 Å². The van der Waals surface area contributed by atoms with Crippen molar-refractivity contribution in [2.75, 3.05) is 13.1 Å².